The first-order valence-electron chi connectivity index (χ1n) is 11.5. The molecule has 0 saturated heterocycles. The first-order chi connectivity index (χ1) is 15.2. The molecule has 1 aromatic rings. The van der Waals surface area contributed by atoms with E-state index in [0.717, 1.165) is 36.8 Å². The maximum Gasteiger partial charge on any atom is 0.315 e. The lowest BCUT2D eigenvalue weighted by Crippen LogP contribution is -2.41. The lowest BCUT2D eigenvalue weighted by atomic mass is 9.73. The number of carbonyl (C=O) groups is 1. The third-order valence-corrected chi connectivity index (χ3v) is 6.56. The monoisotopic (exact) mass is 438 g/mol. The highest BCUT2D eigenvalue weighted by molar-refractivity contribution is 6.00. The van der Waals surface area contributed by atoms with Crippen LogP contribution in [0, 0.1) is 10.8 Å². The Balaban J connectivity index is 2.10. The number of fused-ring (bicyclic) bond motifs is 1. The van der Waals surface area contributed by atoms with Gasteiger partial charge in [-0.05, 0) is 41.9 Å². The van der Waals surface area contributed by atoms with Crippen LogP contribution in [0.4, 0.5) is 0 Å². The number of unbranched alkanes of at least 4 members (excludes halogenated alkanes) is 1. The Morgan fingerprint density at radius 1 is 1.28 bits per heavy atom. The Hall–Kier alpha value is -2.96. The summed E-state index contributed by atoms with van der Waals surface area (Å²) >= 11 is 0. The predicted octanol–water partition coefficient (Wildman–Crippen LogP) is 4.02. The van der Waals surface area contributed by atoms with Crippen molar-refractivity contribution < 1.29 is 9.90 Å². The van der Waals surface area contributed by atoms with E-state index < -0.39 is 11.3 Å². The smallest absolute Gasteiger partial charge is 0.315 e. The molecule has 2 aliphatic rings. The summed E-state index contributed by atoms with van der Waals surface area (Å²) < 4.78 is 1.72. The Labute approximate surface area is 189 Å². The largest absolute Gasteiger partial charge is 0.501 e. The zero-order chi connectivity index (χ0) is 23.5. The highest BCUT2D eigenvalue weighted by Crippen LogP contribution is 2.39. The van der Waals surface area contributed by atoms with Gasteiger partial charge in [-0.15, -0.1) is 0 Å². The van der Waals surface area contributed by atoms with Crippen molar-refractivity contribution in [2.75, 3.05) is 13.6 Å². The molecule has 1 aliphatic heterocycles. The summed E-state index contributed by atoms with van der Waals surface area (Å²) in [6.45, 7) is 7.29. The standard InChI is InChI=1S/C25H34N4O3/c1-5-7-12-25(3,18-11-9-8-10-17(15-18)19(26)6-2)16-20-27-23(31)22(30)21-24(32)28(4)13-14-29(20)21/h8,10-11,15,26,30H,5-7,9,12-14,16H2,1-4H3. The van der Waals surface area contributed by atoms with Crippen LogP contribution in [0.25, 0.3) is 0 Å². The van der Waals surface area contributed by atoms with Gasteiger partial charge in [-0.25, -0.2) is 0 Å². The van der Waals surface area contributed by atoms with Gasteiger partial charge in [0.25, 0.3) is 5.91 Å². The number of amides is 1. The molecule has 2 heterocycles. The van der Waals surface area contributed by atoms with Crippen LogP contribution in [0.3, 0.4) is 0 Å². The topological polar surface area (TPSA) is 99.3 Å². The van der Waals surface area contributed by atoms with Crippen molar-refractivity contribution in [3.63, 3.8) is 0 Å². The van der Waals surface area contributed by atoms with Crippen molar-refractivity contribution in [1.29, 1.82) is 5.41 Å². The number of aromatic hydroxyl groups is 1. The highest BCUT2D eigenvalue weighted by Gasteiger charge is 2.34. The number of aromatic nitrogens is 2. The van der Waals surface area contributed by atoms with Crippen LogP contribution in [-0.2, 0) is 13.0 Å². The van der Waals surface area contributed by atoms with E-state index >= 15 is 0 Å². The SMILES string of the molecule is CCCCC(C)(Cc1nc(=O)c(O)c2n1CCN(C)C2=O)C1=CCC=CC(C(=N)CC)=C1. The van der Waals surface area contributed by atoms with Crippen molar-refractivity contribution in [2.24, 2.45) is 5.41 Å². The van der Waals surface area contributed by atoms with Gasteiger partial charge in [0.2, 0.25) is 5.75 Å². The van der Waals surface area contributed by atoms with Gasteiger partial charge in [-0.2, -0.15) is 4.98 Å². The third kappa shape index (κ3) is 4.61. The van der Waals surface area contributed by atoms with Crippen LogP contribution >= 0.6 is 0 Å². The van der Waals surface area contributed by atoms with Crippen molar-refractivity contribution in [3.8, 4) is 5.75 Å². The molecule has 2 N–H and O–H groups in total. The Bertz CT molecular complexity index is 1060. The summed E-state index contributed by atoms with van der Waals surface area (Å²) in [6.07, 6.45) is 13.2. The number of likely N-dealkylation sites (N-methyl/N-ethyl adjacent to an activating group) is 1. The van der Waals surface area contributed by atoms with E-state index in [1.807, 2.05) is 13.0 Å². The number of nitrogens with zero attached hydrogens (tertiary/aromatic N) is 3. The predicted molar refractivity (Wildman–Crippen MR) is 126 cm³/mol. The minimum Gasteiger partial charge on any atom is -0.501 e. The molecular formula is C25H34N4O3. The quantitative estimate of drug-likeness (QED) is 0.599. The van der Waals surface area contributed by atoms with Gasteiger partial charge >= 0.3 is 5.56 Å². The van der Waals surface area contributed by atoms with Crippen LogP contribution in [0.2, 0.25) is 0 Å². The molecule has 1 atom stereocenters. The number of hydrogen-bond donors (Lipinski definition) is 2. The molecule has 0 bridgehead atoms. The maximum atomic E-state index is 12.7. The lowest BCUT2D eigenvalue weighted by Gasteiger charge is -2.34. The molecule has 7 nitrogen and oxygen atoms in total. The fourth-order valence-electron chi connectivity index (χ4n) is 4.44. The fraction of sp³-hybridized carbons (Fsp3) is 0.520. The molecule has 0 saturated carbocycles. The third-order valence-electron chi connectivity index (χ3n) is 6.56. The van der Waals surface area contributed by atoms with Gasteiger partial charge in [0.15, 0.2) is 5.69 Å². The molecule has 1 aliphatic carbocycles. The Kier molecular flexibility index (Phi) is 7.16. The second kappa shape index (κ2) is 9.67. The number of allylic oxidation sites excluding steroid dienone is 6. The van der Waals surface area contributed by atoms with Gasteiger partial charge in [0.05, 0.1) is 0 Å². The molecule has 3 rings (SSSR count). The molecule has 1 unspecified atom stereocenters. The summed E-state index contributed by atoms with van der Waals surface area (Å²) in [4.78, 5) is 30.9. The van der Waals surface area contributed by atoms with Gasteiger partial charge in [-0.1, -0.05) is 51.8 Å². The van der Waals surface area contributed by atoms with Crippen molar-refractivity contribution >= 4 is 11.6 Å². The van der Waals surface area contributed by atoms with E-state index in [-0.39, 0.29) is 17.0 Å². The molecule has 0 radical (unpaired) electrons. The van der Waals surface area contributed by atoms with Gasteiger partial charge in [0.1, 0.15) is 5.82 Å². The van der Waals surface area contributed by atoms with E-state index in [2.05, 4.69) is 37.1 Å². The van der Waals surface area contributed by atoms with Crippen LogP contribution in [-0.4, -0.2) is 44.8 Å². The first-order valence-corrected chi connectivity index (χ1v) is 11.5. The van der Waals surface area contributed by atoms with E-state index in [4.69, 9.17) is 5.41 Å². The molecule has 172 valence electrons. The normalized spacial score (nSPS) is 17.9. The van der Waals surface area contributed by atoms with E-state index in [0.29, 0.717) is 37.5 Å². The molecule has 0 fully saturated rings. The number of carbonyl (C=O) groups excluding carboxylic acids is 1. The summed E-state index contributed by atoms with van der Waals surface area (Å²) in [5.41, 5.74) is 1.58. The molecular weight excluding hydrogens is 404 g/mol. The Morgan fingerprint density at radius 2 is 2.03 bits per heavy atom. The average Bonchev–Trinajstić information content (AvgIpc) is 3.04. The highest BCUT2D eigenvalue weighted by atomic mass is 16.3. The Morgan fingerprint density at radius 3 is 2.72 bits per heavy atom. The molecule has 7 heteroatoms. The van der Waals surface area contributed by atoms with Gasteiger partial charge in [-0.3, -0.25) is 9.59 Å². The molecule has 32 heavy (non-hydrogen) atoms. The lowest BCUT2D eigenvalue weighted by molar-refractivity contribution is 0.0737. The maximum absolute atomic E-state index is 12.7. The summed E-state index contributed by atoms with van der Waals surface area (Å²) in [6, 6.07) is 0. The van der Waals surface area contributed by atoms with Crippen LogP contribution < -0.4 is 5.56 Å². The number of hydrogen-bond acceptors (Lipinski definition) is 5. The number of nitrogens with one attached hydrogen (secondary N) is 1. The number of rotatable bonds is 8. The molecule has 1 aromatic heterocycles. The van der Waals surface area contributed by atoms with E-state index in [9.17, 15) is 14.7 Å². The van der Waals surface area contributed by atoms with Crippen molar-refractivity contribution in [1.82, 2.24) is 14.5 Å². The second-order valence-electron chi connectivity index (χ2n) is 8.98. The zero-order valence-electron chi connectivity index (χ0n) is 19.6. The van der Waals surface area contributed by atoms with Crippen molar-refractivity contribution in [2.45, 2.75) is 65.8 Å². The average molecular weight is 439 g/mol. The van der Waals surface area contributed by atoms with E-state index in [1.54, 1.807) is 11.6 Å². The molecule has 0 spiro atoms. The van der Waals surface area contributed by atoms with Gasteiger partial charge < -0.3 is 20.0 Å². The summed E-state index contributed by atoms with van der Waals surface area (Å²) in [5, 5.41) is 18.6. The second-order valence-corrected chi connectivity index (χ2v) is 8.98. The summed E-state index contributed by atoms with van der Waals surface area (Å²) in [7, 11) is 1.67. The molecule has 0 aromatic carbocycles. The van der Waals surface area contributed by atoms with Crippen LogP contribution in [0.15, 0.2) is 40.2 Å². The minimum atomic E-state index is -0.756. The van der Waals surface area contributed by atoms with Gasteiger partial charge in [0, 0.05) is 32.3 Å². The first kappa shape index (κ1) is 23.7. The molecule has 1 amide bonds. The zero-order valence-corrected chi connectivity index (χ0v) is 19.6. The van der Waals surface area contributed by atoms with Crippen molar-refractivity contribution in [3.05, 3.63) is 57.3 Å². The van der Waals surface area contributed by atoms with E-state index in [1.165, 1.54) is 4.90 Å². The summed E-state index contributed by atoms with van der Waals surface area (Å²) in [5.74, 6) is -0.403. The minimum absolute atomic E-state index is 0.0343. The van der Waals surface area contributed by atoms with Crippen LogP contribution in [0.5, 0.6) is 5.75 Å². The fourth-order valence-corrected chi connectivity index (χ4v) is 4.44. The van der Waals surface area contributed by atoms with Crippen LogP contribution in [0.1, 0.15) is 69.2 Å².